The Balaban J connectivity index is 1.33. The first kappa shape index (κ1) is 24.4. The molecule has 0 saturated carbocycles. The molecule has 1 aromatic carbocycles. The Hall–Kier alpha value is -3.68. The molecule has 1 amide bonds. The Bertz CT molecular complexity index is 1190. The molecule has 9 nitrogen and oxygen atoms in total. The fourth-order valence-corrected chi connectivity index (χ4v) is 4.71. The molecule has 35 heavy (non-hydrogen) atoms. The lowest BCUT2D eigenvalue weighted by molar-refractivity contribution is 0.0768. The fourth-order valence-electron chi connectivity index (χ4n) is 4.01. The molecular formula is C25H28N6O3S. The van der Waals surface area contributed by atoms with Crippen molar-refractivity contribution >= 4 is 28.2 Å². The van der Waals surface area contributed by atoms with Crippen LogP contribution in [0, 0.1) is 11.3 Å². The second-order valence-corrected chi connectivity index (χ2v) is 8.98. The number of rotatable bonds is 10. The van der Waals surface area contributed by atoms with Crippen LogP contribution in [0.3, 0.4) is 0 Å². The number of hydrogen-bond donors (Lipinski definition) is 1. The Morgan fingerprint density at radius 1 is 1.26 bits per heavy atom. The van der Waals surface area contributed by atoms with Crippen molar-refractivity contribution in [2.24, 2.45) is 0 Å². The number of ether oxygens (including phenoxy) is 2. The Morgan fingerprint density at radius 2 is 2.09 bits per heavy atom. The van der Waals surface area contributed by atoms with Gasteiger partial charge >= 0.3 is 0 Å². The van der Waals surface area contributed by atoms with Gasteiger partial charge in [0.2, 0.25) is 0 Å². The Kier molecular flexibility index (Phi) is 8.13. The number of benzene rings is 1. The molecule has 182 valence electrons. The normalized spacial score (nSPS) is 15.4. The van der Waals surface area contributed by atoms with Gasteiger partial charge in [0.25, 0.3) is 5.91 Å². The third-order valence-electron chi connectivity index (χ3n) is 5.81. The molecule has 3 aromatic rings. The SMILES string of the molecule is COc1ccccc1OCCN(C)C(=O)c1csc(Nc2cccc(C3CCCN3CC#N)n2)n1. The van der Waals surface area contributed by atoms with Crippen LogP contribution >= 0.6 is 11.3 Å². The number of nitrogens with zero attached hydrogens (tertiary/aromatic N) is 5. The van der Waals surface area contributed by atoms with Crippen molar-refractivity contribution in [1.29, 1.82) is 5.26 Å². The quantitative estimate of drug-likeness (QED) is 0.422. The number of thiazole rings is 1. The van der Waals surface area contributed by atoms with Gasteiger partial charge in [0.15, 0.2) is 16.6 Å². The number of pyridine rings is 1. The van der Waals surface area contributed by atoms with E-state index in [2.05, 4.69) is 21.3 Å². The molecule has 3 heterocycles. The second-order valence-electron chi connectivity index (χ2n) is 8.12. The molecule has 10 heteroatoms. The van der Waals surface area contributed by atoms with E-state index in [1.165, 1.54) is 11.3 Å². The topological polar surface area (TPSA) is 104 Å². The first-order valence-electron chi connectivity index (χ1n) is 11.4. The molecule has 0 spiro atoms. The van der Waals surface area contributed by atoms with E-state index in [1.807, 2.05) is 42.5 Å². The minimum atomic E-state index is -0.183. The number of carbonyl (C=O) groups is 1. The Morgan fingerprint density at radius 3 is 2.89 bits per heavy atom. The number of aromatic nitrogens is 2. The van der Waals surface area contributed by atoms with Crippen molar-refractivity contribution in [1.82, 2.24) is 19.8 Å². The maximum atomic E-state index is 12.8. The summed E-state index contributed by atoms with van der Waals surface area (Å²) in [6, 6.07) is 15.6. The average molecular weight is 493 g/mol. The van der Waals surface area contributed by atoms with Crippen LogP contribution in [0.25, 0.3) is 0 Å². The van der Waals surface area contributed by atoms with Crippen LogP contribution in [-0.4, -0.2) is 66.1 Å². The molecule has 0 bridgehead atoms. The summed E-state index contributed by atoms with van der Waals surface area (Å²) < 4.78 is 11.0. The van der Waals surface area contributed by atoms with Crippen molar-refractivity contribution in [3.63, 3.8) is 0 Å². The number of nitrogens with one attached hydrogen (secondary N) is 1. The number of amides is 1. The Labute approximate surface area is 208 Å². The number of likely N-dealkylation sites (N-methyl/N-ethyl adjacent to an activating group) is 1. The lowest BCUT2D eigenvalue weighted by Gasteiger charge is -2.21. The largest absolute Gasteiger partial charge is 0.493 e. The van der Waals surface area contributed by atoms with Crippen LogP contribution in [0.1, 0.15) is 35.1 Å². The third-order valence-corrected chi connectivity index (χ3v) is 6.57. The summed E-state index contributed by atoms with van der Waals surface area (Å²) in [7, 11) is 3.32. The van der Waals surface area contributed by atoms with Gasteiger partial charge in [0.1, 0.15) is 18.1 Å². The molecule has 1 unspecified atom stereocenters. The molecule has 1 fully saturated rings. The van der Waals surface area contributed by atoms with E-state index >= 15 is 0 Å². The number of para-hydroxylation sites is 2. The first-order chi connectivity index (χ1) is 17.1. The lowest BCUT2D eigenvalue weighted by Crippen LogP contribution is -2.31. The summed E-state index contributed by atoms with van der Waals surface area (Å²) in [4.78, 5) is 25.7. The summed E-state index contributed by atoms with van der Waals surface area (Å²) in [5.41, 5.74) is 1.30. The van der Waals surface area contributed by atoms with Gasteiger partial charge in [-0.2, -0.15) is 5.26 Å². The van der Waals surface area contributed by atoms with Crippen molar-refractivity contribution < 1.29 is 14.3 Å². The zero-order valence-corrected chi connectivity index (χ0v) is 20.6. The van der Waals surface area contributed by atoms with Gasteiger partial charge in [0, 0.05) is 12.4 Å². The number of anilines is 2. The van der Waals surface area contributed by atoms with Crippen LogP contribution in [0.2, 0.25) is 0 Å². The number of nitriles is 1. The number of methoxy groups -OCH3 is 1. The molecule has 1 saturated heterocycles. The van der Waals surface area contributed by atoms with E-state index in [9.17, 15) is 4.79 Å². The van der Waals surface area contributed by atoms with Crippen LogP contribution in [0.4, 0.5) is 10.9 Å². The van der Waals surface area contributed by atoms with Gasteiger partial charge in [-0.1, -0.05) is 18.2 Å². The monoisotopic (exact) mass is 492 g/mol. The first-order valence-corrected chi connectivity index (χ1v) is 12.3. The second kappa shape index (κ2) is 11.6. The minimum absolute atomic E-state index is 0.150. The highest BCUT2D eigenvalue weighted by Gasteiger charge is 2.27. The van der Waals surface area contributed by atoms with E-state index in [4.69, 9.17) is 19.7 Å². The molecule has 1 aliphatic heterocycles. The van der Waals surface area contributed by atoms with Gasteiger partial charge in [-0.05, 0) is 43.7 Å². The molecule has 1 aliphatic rings. The predicted molar refractivity (Wildman–Crippen MR) is 134 cm³/mol. The summed E-state index contributed by atoms with van der Waals surface area (Å²) in [6.07, 6.45) is 2.04. The molecule has 2 aromatic heterocycles. The molecule has 4 rings (SSSR count). The molecule has 1 atom stereocenters. The van der Waals surface area contributed by atoms with E-state index in [0.717, 1.165) is 25.1 Å². The highest BCUT2D eigenvalue weighted by molar-refractivity contribution is 7.14. The van der Waals surface area contributed by atoms with Gasteiger partial charge in [-0.25, -0.2) is 9.97 Å². The lowest BCUT2D eigenvalue weighted by atomic mass is 10.1. The van der Waals surface area contributed by atoms with Crippen molar-refractivity contribution in [3.8, 4) is 17.6 Å². The number of likely N-dealkylation sites (tertiary alicyclic amines) is 1. The van der Waals surface area contributed by atoms with Gasteiger partial charge in [0.05, 0.1) is 38.0 Å². The molecule has 1 N–H and O–H groups in total. The zero-order valence-electron chi connectivity index (χ0n) is 19.8. The summed E-state index contributed by atoms with van der Waals surface area (Å²) in [6.45, 7) is 2.05. The third kappa shape index (κ3) is 6.07. The maximum Gasteiger partial charge on any atom is 0.273 e. The molecular weight excluding hydrogens is 464 g/mol. The molecule has 0 aliphatic carbocycles. The van der Waals surface area contributed by atoms with E-state index in [0.29, 0.717) is 47.8 Å². The standard InChI is InChI=1S/C25H28N6O3S/c1-30(15-16-34-22-10-4-3-9-21(22)33-2)24(32)19-17-35-25(28-19)29-23-11-5-7-18(27-23)20-8-6-13-31(20)14-12-26/h3-5,7,9-11,17,20H,6,8,13-16H2,1-2H3,(H,27,28,29). The summed E-state index contributed by atoms with van der Waals surface area (Å²) in [5.74, 6) is 1.77. The number of hydrogen-bond acceptors (Lipinski definition) is 9. The predicted octanol–water partition coefficient (Wildman–Crippen LogP) is 4.10. The van der Waals surface area contributed by atoms with Gasteiger partial charge in [-0.15, -0.1) is 11.3 Å². The van der Waals surface area contributed by atoms with Crippen molar-refractivity contribution in [2.45, 2.75) is 18.9 Å². The van der Waals surface area contributed by atoms with Crippen LogP contribution in [-0.2, 0) is 0 Å². The van der Waals surface area contributed by atoms with E-state index in [1.54, 1.807) is 24.4 Å². The van der Waals surface area contributed by atoms with Crippen LogP contribution in [0.15, 0.2) is 47.8 Å². The summed E-state index contributed by atoms with van der Waals surface area (Å²) >= 11 is 1.35. The summed E-state index contributed by atoms with van der Waals surface area (Å²) in [5, 5.41) is 14.6. The average Bonchev–Trinajstić information content (AvgIpc) is 3.54. The smallest absolute Gasteiger partial charge is 0.273 e. The maximum absolute atomic E-state index is 12.8. The van der Waals surface area contributed by atoms with Gasteiger partial charge in [-0.3, -0.25) is 9.69 Å². The van der Waals surface area contributed by atoms with Crippen molar-refractivity contribution in [2.75, 3.05) is 45.7 Å². The minimum Gasteiger partial charge on any atom is -0.493 e. The zero-order chi connectivity index (χ0) is 24.6. The highest BCUT2D eigenvalue weighted by Crippen LogP contribution is 2.31. The van der Waals surface area contributed by atoms with Gasteiger partial charge < -0.3 is 19.7 Å². The van der Waals surface area contributed by atoms with Crippen LogP contribution < -0.4 is 14.8 Å². The van der Waals surface area contributed by atoms with Crippen molar-refractivity contribution in [3.05, 3.63) is 59.2 Å². The van der Waals surface area contributed by atoms with E-state index < -0.39 is 0 Å². The molecule has 0 radical (unpaired) electrons. The van der Waals surface area contributed by atoms with Crippen LogP contribution in [0.5, 0.6) is 11.5 Å². The fraction of sp³-hybridized carbons (Fsp3) is 0.360. The van der Waals surface area contributed by atoms with E-state index in [-0.39, 0.29) is 11.9 Å². The highest BCUT2D eigenvalue weighted by atomic mass is 32.1. The number of carbonyl (C=O) groups excluding carboxylic acids is 1.